The second-order valence-electron chi connectivity index (χ2n) is 5.26. The van der Waals surface area contributed by atoms with Gasteiger partial charge in [0.25, 0.3) is 0 Å². The second-order valence-corrected chi connectivity index (χ2v) is 6.33. The third-order valence-electron chi connectivity index (χ3n) is 3.43. The maximum absolute atomic E-state index is 13.0. The monoisotopic (exact) mass is 357 g/mol. The first-order chi connectivity index (χ1) is 12.1. The van der Waals surface area contributed by atoms with Crippen LogP contribution in [0.25, 0.3) is 0 Å². The Labute approximate surface area is 148 Å². The third kappa shape index (κ3) is 4.57. The van der Waals surface area contributed by atoms with E-state index in [2.05, 4.69) is 20.5 Å². The predicted octanol–water partition coefficient (Wildman–Crippen LogP) is 2.68. The molecule has 0 aliphatic carbocycles. The van der Waals surface area contributed by atoms with Gasteiger partial charge in [-0.25, -0.2) is 9.49 Å². The van der Waals surface area contributed by atoms with E-state index in [1.165, 1.54) is 23.9 Å². The maximum Gasteiger partial charge on any atom is 0.238 e. The van der Waals surface area contributed by atoms with E-state index < -0.39 is 5.25 Å². The molecule has 1 amide bonds. The minimum absolute atomic E-state index is 0.191. The van der Waals surface area contributed by atoms with E-state index in [1.54, 1.807) is 12.1 Å². The molecule has 3 rings (SSSR count). The van der Waals surface area contributed by atoms with E-state index in [1.807, 2.05) is 30.3 Å². The van der Waals surface area contributed by atoms with Crippen LogP contribution in [0.4, 0.5) is 10.3 Å². The van der Waals surface area contributed by atoms with Crippen LogP contribution in [0, 0.1) is 5.82 Å². The van der Waals surface area contributed by atoms with Crippen molar-refractivity contribution >= 4 is 23.6 Å². The summed E-state index contributed by atoms with van der Waals surface area (Å²) in [6.45, 7) is 0.305. The molecule has 25 heavy (non-hydrogen) atoms. The molecule has 0 spiro atoms. The van der Waals surface area contributed by atoms with Crippen LogP contribution < -0.4 is 11.1 Å². The van der Waals surface area contributed by atoms with Crippen LogP contribution in [0.2, 0.25) is 0 Å². The van der Waals surface area contributed by atoms with Crippen molar-refractivity contribution in [2.45, 2.75) is 17.0 Å². The van der Waals surface area contributed by atoms with Gasteiger partial charge < -0.3 is 11.1 Å². The molecule has 6 nitrogen and oxygen atoms in total. The Morgan fingerprint density at radius 1 is 1.20 bits per heavy atom. The number of aromatic amines is 1. The summed E-state index contributed by atoms with van der Waals surface area (Å²) in [4.78, 5) is 16.7. The number of carbonyl (C=O) groups excluding carboxylic acids is 1. The number of nitrogens with two attached hydrogens (primary N) is 1. The lowest BCUT2D eigenvalue weighted by atomic mass is 10.1. The van der Waals surface area contributed by atoms with Gasteiger partial charge in [0, 0.05) is 6.54 Å². The molecular formula is C17H16FN5OS. The Bertz CT molecular complexity index is 838. The van der Waals surface area contributed by atoms with Gasteiger partial charge in [-0.05, 0) is 23.3 Å². The summed E-state index contributed by atoms with van der Waals surface area (Å²) in [6, 6.07) is 15.3. The van der Waals surface area contributed by atoms with E-state index in [-0.39, 0.29) is 17.7 Å². The number of hydrogen-bond acceptors (Lipinski definition) is 5. The smallest absolute Gasteiger partial charge is 0.238 e. The summed E-state index contributed by atoms with van der Waals surface area (Å²) in [5.74, 6) is -0.306. The van der Waals surface area contributed by atoms with E-state index in [9.17, 15) is 9.18 Å². The fourth-order valence-electron chi connectivity index (χ4n) is 2.20. The van der Waals surface area contributed by atoms with Crippen molar-refractivity contribution in [3.63, 3.8) is 0 Å². The summed E-state index contributed by atoms with van der Waals surface area (Å²) in [5.41, 5.74) is 7.18. The standard InChI is InChI=1S/C17H16FN5OS/c18-13-8-6-11(7-9-13)10-20-15(24)14(12-4-2-1-3-5-12)25-17-21-16(19)22-23-17/h1-9,14H,10H2,(H,20,24)(H3,19,21,22,23)/t14-/m1/s1. The average Bonchev–Trinajstić information content (AvgIpc) is 3.05. The largest absolute Gasteiger partial charge is 0.368 e. The number of nitrogen functional groups attached to an aromatic ring is 1. The highest BCUT2D eigenvalue weighted by Crippen LogP contribution is 2.33. The molecule has 8 heteroatoms. The fraction of sp³-hybridized carbons (Fsp3) is 0.118. The van der Waals surface area contributed by atoms with Crippen LogP contribution in [-0.2, 0) is 11.3 Å². The number of aromatic nitrogens is 3. The van der Waals surface area contributed by atoms with Gasteiger partial charge in [0.15, 0.2) is 0 Å². The SMILES string of the molecule is Nc1nc(S[C@@H](C(=O)NCc2ccc(F)cc2)c2ccccc2)n[nH]1. The highest BCUT2D eigenvalue weighted by molar-refractivity contribution is 8.00. The zero-order chi connectivity index (χ0) is 17.6. The van der Waals surface area contributed by atoms with Gasteiger partial charge in [-0.1, -0.05) is 54.2 Å². The lowest BCUT2D eigenvalue weighted by Crippen LogP contribution is -2.27. The lowest BCUT2D eigenvalue weighted by molar-refractivity contribution is -0.120. The number of halogens is 1. The van der Waals surface area contributed by atoms with Crippen LogP contribution >= 0.6 is 11.8 Å². The van der Waals surface area contributed by atoms with Gasteiger partial charge in [-0.3, -0.25) is 4.79 Å². The van der Waals surface area contributed by atoms with Crippen LogP contribution in [0.3, 0.4) is 0 Å². The molecule has 0 radical (unpaired) electrons. The van der Waals surface area contributed by atoms with Crippen LogP contribution in [-0.4, -0.2) is 21.1 Å². The minimum Gasteiger partial charge on any atom is -0.368 e. The van der Waals surface area contributed by atoms with Crippen molar-refractivity contribution < 1.29 is 9.18 Å². The first-order valence-corrected chi connectivity index (χ1v) is 8.41. The Hall–Kier alpha value is -2.87. The van der Waals surface area contributed by atoms with Gasteiger partial charge in [0.05, 0.1) is 0 Å². The quantitative estimate of drug-likeness (QED) is 0.589. The number of hydrogen-bond donors (Lipinski definition) is 3. The molecule has 0 saturated heterocycles. The van der Waals surface area contributed by atoms with Crippen molar-refractivity contribution in [2.24, 2.45) is 0 Å². The second kappa shape index (κ2) is 7.80. The molecule has 0 aliphatic heterocycles. The Morgan fingerprint density at radius 2 is 1.92 bits per heavy atom. The molecule has 1 heterocycles. The minimum atomic E-state index is -0.531. The Balaban J connectivity index is 1.73. The number of benzene rings is 2. The summed E-state index contributed by atoms with van der Waals surface area (Å²) >= 11 is 1.20. The van der Waals surface area contributed by atoms with Crippen LogP contribution in [0.1, 0.15) is 16.4 Å². The van der Waals surface area contributed by atoms with Crippen LogP contribution in [0.15, 0.2) is 59.8 Å². The first kappa shape index (κ1) is 17.0. The lowest BCUT2D eigenvalue weighted by Gasteiger charge is -2.15. The average molecular weight is 357 g/mol. The van der Waals surface area contributed by atoms with Crippen molar-refractivity contribution in [1.82, 2.24) is 20.5 Å². The Kier molecular flexibility index (Phi) is 5.30. The Morgan fingerprint density at radius 3 is 2.56 bits per heavy atom. The zero-order valence-electron chi connectivity index (χ0n) is 13.1. The number of rotatable bonds is 6. The number of thioether (sulfide) groups is 1. The predicted molar refractivity (Wildman–Crippen MR) is 94.1 cm³/mol. The van der Waals surface area contributed by atoms with Crippen molar-refractivity contribution in [3.05, 3.63) is 71.5 Å². The number of H-pyrrole nitrogens is 1. The number of nitrogens with one attached hydrogen (secondary N) is 2. The molecule has 3 aromatic rings. The molecule has 128 valence electrons. The molecule has 0 aliphatic rings. The van der Waals surface area contributed by atoms with E-state index >= 15 is 0 Å². The molecule has 1 atom stereocenters. The molecule has 2 aromatic carbocycles. The highest BCUT2D eigenvalue weighted by Gasteiger charge is 2.23. The summed E-state index contributed by atoms with van der Waals surface area (Å²) in [7, 11) is 0. The molecule has 1 aromatic heterocycles. The number of amides is 1. The molecule has 4 N–H and O–H groups in total. The zero-order valence-corrected chi connectivity index (χ0v) is 14.0. The van der Waals surface area contributed by atoms with E-state index in [0.717, 1.165) is 11.1 Å². The maximum atomic E-state index is 13.0. The molecule has 0 bridgehead atoms. The normalized spacial score (nSPS) is 11.9. The summed E-state index contributed by atoms with van der Waals surface area (Å²) in [5, 5.41) is 9.25. The number of nitrogens with zero attached hydrogens (tertiary/aromatic N) is 2. The molecule has 0 unspecified atom stereocenters. The first-order valence-electron chi connectivity index (χ1n) is 7.53. The highest BCUT2D eigenvalue weighted by atomic mass is 32.2. The van der Waals surface area contributed by atoms with Gasteiger partial charge in [0.2, 0.25) is 17.0 Å². The van der Waals surface area contributed by atoms with Crippen molar-refractivity contribution in [3.8, 4) is 0 Å². The summed E-state index contributed by atoms with van der Waals surface area (Å²) in [6.07, 6.45) is 0. The van der Waals surface area contributed by atoms with E-state index in [0.29, 0.717) is 11.7 Å². The van der Waals surface area contributed by atoms with E-state index in [4.69, 9.17) is 5.73 Å². The van der Waals surface area contributed by atoms with Crippen molar-refractivity contribution in [2.75, 3.05) is 5.73 Å². The number of anilines is 1. The molecular weight excluding hydrogens is 341 g/mol. The number of carbonyl (C=O) groups is 1. The summed E-state index contributed by atoms with van der Waals surface area (Å²) < 4.78 is 13.0. The fourth-order valence-corrected chi connectivity index (χ4v) is 3.14. The van der Waals surface area contributed by atoms with Gasteiger partial charge in [0.1, 0.15) is 11.1 Å². The topological polar surface area (TPSA) is 96.7 Å². The molecule has 0 saturated carbocycles. The third-order valence-corrected chi connectivity index (χ3v) is 4.54. The van der Waals surface area contributed by atoms with Crippen LogP contribution in [0.5, 0.6) is 0 Å². The van der Waals surface area contributed by atoms with Crippen molar-refractivity contribution in [1.29, 1.82) is 0 Å². The molecule has 0 fully saturated rings. The van der Waals surface area contributed by atoms with Gasteiger partial charge in [-0.15, -0.1) is 5.10 Å². The van der Waals surface area contributed by atoms with Gasteiger partial charge >= 0.3 is 0 Å². The van der Waals surface area contributed by atoms with Gasteiger partial charge in [-0.2, -0.15) is 4.98 Å².